The molecule has 0 radical (unpaired) electrons. The third kappa shape index (κ3) is 2.98. The highest BCUT2D eigenvalue weighted by atomic mass is 79.9. The zero-order chi connectivity index (χ0) is 16.3. The van der Waals surface area contributed by atoms with E-state index in [0.29, 0.717) is 12.8 Å². The second-order valence-electron chi connectivity index (χ2n) is 4.38. The Morgan fingerprint density at radius 3 is 2.91 bits per heavy atom. The molecule has 0 saturated carbocycles. The summed E-state index contributed by atoms with van der Waals surface area (Å²) in [6, 6.07) is 3.88. The molecule has 7 nitrogen and oxygen atoms in total. The van der Waals surface area contributed by atoms with Gasteiger partial charge < -0.3 is 5.21 Å². The summed E-state index contributed by atoms with van der Waals surface area (Å²) in [4.78, 5) is 11.8. The Kier molecular flexibility index (Phi) is 4.86. The summed E-state index contributed by atoms with van der Waals surface area (Å²) in [7, 11) is 0. The van der Waals surface area contributed by atoms with Crippen molar-refractivity contribution < 1.29 is 14.1 Å². The van der Waals surface area contributed by atoms with Crippen molar-refractivity contribution in [3.05, 3.63) is 44.9 Å². The van der Waals surface area contributed by atoms with Crippen molar-refractivity contribution in [2.24, 2.45) is 5.16 Å². The largest absolute Gasteiger partial charge is 0.446 e. The average Bonchev–Trinajstić information content (AvgIpc) is 2.88. The standard InChI is InChI=1S/C13H12BrFN4O3/c1-2-3-10(17-21)11(16)12-18-22-13(20)19(12)7-4-5-9(15)8(14)6-7/h4-6,16,21H,2-3H2,1H3/b16-11?,17-10-. The van der Waals surface area contributed by atoms with Crippen LogP contribution in [0.15, 0.2) is 37.1 Å². The first-order valence-corrected chi connectivity index (χ1v) is 7.13. The van der Waals surface area contributed by atoms with E-state index < -0.39 is 11.6 Å². The van der Waals surface area contributed by atoms with Crippen LogP contribution in [0.5, 0.6) is 0 Å². The van der Waals surface area contributed by atoms with E-state index in [-0.39, 0.29) is 27.4 Å². The van der Waals surface area contributed by atoms with Crippen LogP contribution in [0.3, 0.4) is 0 Å². The first-order valence-electron chi connectivity index (χ1n) is 6.34. The number of hydrogen-bond donors (Lipinski definition) is 2. The normalized spacial score (nSPS) is 11.7. The summed E-state index contributed by atoms with van der Waals surface area (Å²) in [5, 5.41) is 23.6. The van der Waals surface area contributed by atoms with Gasteiger partial charge in [-0.25, -0.2) is 13.8 Å². The van der Waals surface area contributed by atoms with Crippen LogP contribution in [0.25, 0.3) is 5.69 Å². The van der Waals surface area contributed by atoms with Gasteiger partial charge in [-0.3, -0.25) is 9.93 Å². The summed E-state index contributed by atoms with van der Waals surface area (Å²) in [5.41, 5.74) is 0.106. The minimum absolute atomic E-state index is 0.0747. The van der Waals surface area contributed by atoms with Crippen LogP contribution in [0.2, 0.25) is 0 Å². The number of nitrogens with one attached hydrogen (secondary N) is 1. The lowest BCUT2D eigenvalue weighted by atomic mass is 10.1. The van der Waals surface area contributed by atoms with E-state index in [1.165, 1.54) is 18.2 Å². The van der Waals surface area contributed by atoms with Crippen molar-refractivity contribution >= 4 is 27.4 Å². The van der Waals surface area contributed by atoms with Gasteiger partial charge in [0.25, 0.3) is 0 Å². The summed E-state index contributed by atoms with van der Waals surface area (Å²) >= 11 is 3.03. The molecule has 22 heavy (non-hydrogen) atoms. The van der Waals surface area contributed by atoms with Crippen LogP contribution >= 0.6 is 15.9 Å². The van der Waals surface area contributed by atoms with E-state index in [9.17, 15) is 9.18 Å². The summed E-state index contributed by atoms with van der Waals surface area (Å²) in [6.07, 6.45) is 0.982. The number of oxime groups is 1. The van der Waals surface area contributed by atoms with E-state index in [2.05, 4.69) is 30.8 Å². The number of hydrogen-bond acceptors (Lipinski definition) is 6. The molecule has 2 N–H and O–H groups in total. The molecular formula is C13H12BrFN4O3. The summed E-state index contributed by atoms with van der Waals surface area (Å²) in [5.74, 6) is -1.44. The van der Waals surface area contributed by atoms with Gasteiger partial charge in [-0.05, 0) is 40.5 Å². The van der Waals surface area contributed by atoms with E-state index >= 15 is 0 Å². The van der Waals surface area contributed by atoms with Crippen molar-refractivity contribution in [3.63, 3.8) is 0 Å². The van der Waals surface area contributed by atoms with Gasteiger partial charge in [-0.15, -0.1) is 0 Å². The Labute approximate surface area is 132 Å². The Balaban J connectivity index is 2.55. The Bertz CT molecular complexity index is 797. The first-order chi connectivity index (χ1) is 10.5. The molecule has 0 aliphatic carbocycles. The fourth-order valence-corrected chi connectivity index (χ4v) is 2.22. The van der Waals surface area contributed by atoms with Crippen molar-refractivity contribution in [2.75, 3.05) is 0 Å². The lowest BCUT2D eigenvalue weighted by Gasteiger charge is -2.07. The van der Waals surface area contributed by atoms with E-state index in [1.807, 2.05) is 6.92 Å². The minimum atomic E-state index is -0.827. The lowest BCUT2D eigenvalue weighted by Crippen LogP contribution is -2.23. The molecule has 0 amide bonds. The van der Waals surface area contributed by atoms with Crippen molar-refractivity contribution in [1.82, 2.24) is 9.72 Å². The molecule has 2 rings (SSSR count). The van der Waals surface area contributed by atoms with Crippen LogP contribution in [0, 0.1) is 11.2 Å². The van der Waals surface area contributed by atoms with Gasteiger partial charge in [-0.2, -0.15) is 0 Å². The smallest absolute Gasteiger partial charge is 0.411 e. The molecular weight excluding hydrogens is 359 g/mol. The molecule has 0 aliphatic rings. The monoisotopic (exact) mass is 370 g/mol. The predicted octanol–water partition coefficient (Wildman–Crippen LogP) is 2.73. The molecule has 1 aromatic heterocycles. The molecule has 1 heterocycles. The second kappa shape index (κ2) is 6.65. The van der Waals surface area contributed by atoms with Gasteiger partial charge in [0.15, 0.2) is 0 Å². The van der Waals surface area contributed by atoms with Crippen LogP contribution in [-0.4, -0.2) is 26.4 Å². The zero-order valence-electron chi connectivity index (χ0n) is 11.5. The molecule has 9 heteroatoms. The number of aromatic nitrogens is 2. The van der Waals surface area contributed by atoms with Gasteiger partial charge in [0, 0.05) is 0 Å². The van der Waals surface area contributed by atoms with Crippen molar-refractivity contribution in [3.8, 4) is 5.69 Å². The molecule has 0 spiro atoms. The van der Waals surface area contributed by atoms with Gasteiger partial charge in [0.05, 0.1) is 10.2 Å². The van der Waals surface area contributed by atoms with E-state index in [4.69, 9.17) is 10.6 Å². The highest BCUT2D eigenvalue weighted by molar-refractivity contribution is 9.10. The SMILES string of the molecule is CCC/C(=N/O)C(=N)c1noc(=O)n1-c1ccc(F)c(Br)c1. The third-order valence-electron chi connectivity index (χ3n) is 2.89. The van der Waals surface area contributed by atoms with E-state index in [0.717, 1.165) is 4.57 Å². The van der Waals surface area contributed by atoms with Crippen LogP contribution in [0.1, 0.15) is 25.6 Å². The maximum absolute atomic E-state index is 13.3. The van der Waals surface area contributed by atoms with Gasteiger partial charge >= 0.3 is 5.76 Å². The Morgan fingerprint density at radius 1 is 1.59 bits per heavy atom. The molecule has 0 saturated heterocycles. The highest BCUT2D eigenvalue weighted by Crippen LogP contribution is 2.19. The fourth-order valence-electron chi connectivity index (χ4n) is 1.85. The molecule has 0 atom stereocenters. The van der Waals surface area contributed by atoms with Crippen LogP contribution in [0.4, 0.5) is 4.39 Å². The van der Waals surface area contributed by atoms with Gasteiger partial charge in [0.2, 0.25) is 5.82 Å². The Hall–Kier alpha value is -2.29. The number of halogens is 2. The molecule has 116 valence electrons. The number of nitrogens with zero attached hydrogens (tertiary/aromatic N) is 3. The minimum Gasteiger partial charge on any atom is -0.411 e. The molecule has 0 unspecified atom stereocenters. The maximum Gasteiger partial charge on any atom is 0.446 e. The fraction of sp³-hybridized carbons (Fsp3) is 0.231. The van der Waals surface area contributed by atoms with Gasteiger partial charge in [0.1, 0.15) is 17.2 Å². The van der Waals surface area contributed by atoms with Crippen LogP contribution < -0.4 is 5.76 Å². The van der Waals surface area contributed by atoms with E-state index in [1.54, 1.807) is 0 Å². The summed E-state index contributed by atoms with van der Waals surface area (Å²) < 4.78 is 19.1. The second-order valence-corrected chi connectivity index (χ2v) is 5.23. The Morgan fingerprint density at radius 2 is 2.32 bits per heavy atom. The average molecular weight is 371 g/mol. The third-order valence-corrected chi connectivity index (χ3v) is 3.49. The van der Waals surface area contributed by atoms with Crippen LogP contribution in [-0.2, 0) is 0 Å². The topological polar surface area (TPSA) is 104 Å². The van der Waals surface area contributed by atoms with Gasteiger partial charge in [-0.1, -0.05) is 23.7 Å². The summed E-state index contributed by atoms with van der Waals surface area (Å²) in [6.45, 7) is 1.85. The molecule has 0 bridgehead atoms. The highest BCUT2D eigenvalue weighted by Gasteiger charge is 2.21. The maximum atomic E-state index is 13.3. The zero-order valence-corrected chi connectivity index (χ0v) is 13.1. The first kappa shape index (κ1) is 16.1. The number of benzene rings is 1. The number of rotatable bonds is 5. The van der Waals surface area contributed by atoms with Crippen molar-refractivity contribution in [2.45, 2.75) is 19.8 Å². The molecule has 0 fully saturated rings. The lowest BCUT2D eigenvalue weighted by molar-refractivity contribution is 0.318. The molecule has 2 aromatic rings. The molecule has 0 aliphatic heterocycles. The predicted molar refractivity (Wildman–Crippen MR) is 80.7 cm³/mol. The van der Waals surface area contributed by atoms with Crippen molar-refractivity contribution in [1.29, 1.82) is 5.41 Å². The molecule has 1 aromatic carbocycles. The quantitative estimate of drug-likeness (QED) is 0.479.